The maximum absolute atomic E-state index is 13.2. The summed E-state index contributed by atoms with van der Waals surface area (Å²) in [4.78, 5) is 18.6. The summed E-state index contributed by atoms with van der Waals surface area (Å²) in [5.74, 6) is 1.42. The number of thiazole rings is 1. The highest BCUT2D eigenvalue weighted by Gasteiger charge is 2.15. The van der Waals surface area contributed by atoms with Crippen molar-refractivity contribution in [2.75, 3.05) is 13.2 Å². The molecule has 0 radical (unpaired) electrons. The summed E-state index contributed by atoms with van der Waals surface area (Å²) in [5, 5.41) is 0. The second-order valence-electron chi connectivity index (χ2n) is 7.44. The number of hydrogen-bond donors (Lipinski definition) is 0. The molecule has 0 bridgehead atoms. The number of hydrogen-bond acceptors (Lipinski definition) is 5. The third-order valence-corrected chi connectivity index (χ3v) is 6.23. The molecule has 4 aromatic rings. The predicted molar refractivity (Wildman–Crippen MR) is 128 cm³/mol. The van der Waals surface area contributed by atoms with Crippen LogP contribution in [0.15, 0.2) is 41.7 Å². The van der Waals surface area contributed by atoms with E-state index >= 15 is 0 Å². The normalized spacial score (nSPS) is 12.1. The van der Waals surface area contributed by atoms with Crippen molar-refractivity contribution in [1.29, 1.82) is 0 Å². The van der Waals surface area contributed by atoms with Crippen LogP contribution in [0.3, 0.4) is 0 Å². The molecular weight excluding hydrogens is 408 g/mol. The summed E-state index contributed by atoms with van der Waals surface area (Å²) in [7, 11) is 0. The van der Waals surface area contributed by atoms with Gasteiger partial charge in [-0.05, 0) is 81.1 Å². The molecule has 0 aliphatic heterocycles. The molecule has 0 amide bonds. The Labute approximate surface area is 185 Å². The third kappa shape index (κ3) is 3.83. The van der Waals surface area contributed by atoms with Gasteiger partial charge in [-0.2, -0.15) is 0 Å². The van der Waals surface area contributed by atoms with Crippen LogP contribution in [-0.4, -0.2) is 22.6 Å². The lowest BCUT2D eigenvalue weighted by Crippen LogP contribution is -2.22. The molecule has 0 saturated carbocycles. The summed E-state index contributed by atoms with van der Waals surface area (Å²) in [5.41, 5.74) is 5.85. The van der Waals surface area contributed by atoms with Gasteiger partial charge in [-0.15, -0.1) is 6.58 Å². The number of fused-ring (bicyclic) bond motifs is 3. The minimum absolute atomic E-state index is 0.0529. The van der Waals surface area contributed by atoms with Gasteiger partial charge in [0.15, 0.2) is 16.5 Å². The molecule has 0 spiro atoms. The minimum atomic E-state index is -0.0529. The third-order valence-electron chi connectivity index (χ3n) is 5.26. The van der Waals surface area contributed by atoms with Crippen LogP contribution >= 0.6 is 11.3 Å². The Morgan fingerprint density at radius 2 is 1.84 bits per heavy atom. The molecule has 6 heteroatoms. The molecule has 0 saturated heterocycles. The van der Waals surface area contributed by atoms with Gasteiger partial charge in [-0.25, -0.2) is 9.38 Å². The predicted octanol–water partition coefficient (Wildman–Crippen LogP) is 4.60. The van der Waals surface area contributed by atoms with Crippen molar-refractivity contribution in [2.45, 2.75) is 34.1 Å². The smallest absolute Gasteiger partial charge is 0.274 e. The summed E-state index contributed by atoms with van der Waals surface area (Å²) in [6.07, 6.45) is 4.39. The molecule has 160 valence electrons. The van der Waals surface area contributed by atoms with E-state index in [2.05, 4.69) is 18.5 Å². The van der Waals surface area contributed by atoms with Crippen molar-refractivity contribution in [3.63, 3.8) is 0 Å². The largest absolute Gasteiger partial charge is 0.490 e. The molecule has 4 rings (SSSR count). The lowest BCUT2D eigenvalue weighted by Gasteiger charge is -2.15. The van der Waals surface area contributed by atoms with Gasteiger partial charge in [0, 0.05) is 5.56 Å². The van der Waals surface area contributed by atoms with Gasteiger partial charge in [0.25, 0.3) is 5.56 Å². The molecule has 2 heterocycles. The highest BCUT2D eigenvalue weighted by Crippen LogP contribution is 2.34. The van der Waals surface area contributed by atoms with Crippen LogP contribution in [0.4, 0.5) is 0 Å². The fraction of sp³-hybridized carbons (Fsp3) is 0.280. The number of aromatic nitrogens is 2. The van der Waals surface area contributed by atoms with E-state index in [1.54, 1.807) is 4.40 Å². The Morgan fingerprint density at radius 3 is 2.55 bits per heavy atom. The maximum atomic E-state index is 13.2. The molecule has 31 heavy (non-hydrogen) atoms. The zero-order valence-electron chi connectivity index (χ0n) is 18.3. The van der Waals surface area contributed by atoms with Crippen LogP contribution in [0, 0.1) is 13.8 Å². The van der Waals surface area contributed by atoms with Gasteiger partial charge >= 0.3 is 0 Å². The molecule has 2 aromatic carbocycles. The van der Waals surface area contributed by atoms with E-state index < -0.39 is 0 Å². The average molecular weight is 435 g/mol. The van der Waals surface area contributed by atoms with E-state index in [4.69, 9.17) is 9.47 Å². The topological polar surface area (TPSA) is 52.8 Å². The fourth-order valence-electron chi connectivity index (χ4n) is 3.71. The second kappa shape index (κ2) is 8.55. The quantitative estimate of drug-likeness (QED) is 0.399. The first-order valence-corrected chi connectivity index (χ1v) is 11.3. The molecular formula is C25H26N2O3S. The summed E-state index contributed by atoms with van der Waals surface area (Å²) in [6, 6.07) is 8.03. The summed E-state index contributed by atoms with van der Waals surface area (Å²) in [6.45, 7) is 12.9. The zero-order chi connectivity index (χ0) is 22.1. The van der Waals surface area contributed by atoms with Gasteiger partial charge in [0.05, 0.1) is 28.8 Å². The highest BCUT2D eigenvalue weighted by atomic mass is 32.1. The Kier molecular flexibility index (Phi) is 5.83. The van der Waals surface area contributed by atoms with E-state index in [9.17, 15) is 4.79 Å². The lowest BCUT2D eigenvalue weighted by atomic mass is 10.1. The summed E-state index contributed by atoms with van der Waals surface area (Å²) < 4.78 is 14.0. The number of nitrogens with zero attached hydrogens (tertiary/aromatic N) is 2. The average Bonchev–Trinajstić information content (AvgIpc) is 3.21. The van der Waals surface area contributed by atoms with E-state index in [1.165, 1.54) is 16.9 Å². The van der Waals surface area contributed by atoms with Crippen LogP contribution in [-0.2, 0) is 6.42 Å². The molecule has 0 fully saturated rings. The molecule has 0 unspecified atom stereocenters. The van der Waals surface area contributed by atoms with Gasteiger partial charge in [0.2, 0.25) is 0 Å². The Balaban J connectivity index is 1.91. The molecule has 0 aliphatic carbocycles. The minimum Gasteiger partial charge on any atom is -0.490 e. The van der Waals surface area contributed by atoms with E-state index in [1.807, 2.05) is 57.2 Å². The Morgan fingerprint density at radius 1 is 1.10 bits per heavy atom. The fourth-order valence-corrected chi connectivity index (χ4v) is 4.70. The van der Waals surface area contributed by atoms with E-state index in [-0.39, 0.29) is 5.56 Å². The Hall–Kier alpha value is -3.12. The lowest BCUT2D eigenvalue weighted by molar-refractivity contribution is 0.285. The molecule has 0 atom stereocenters. The molecule has 0 aliphatic rings. The van der Waals surface area contributed by atoms with Crippen LogP contribution in [0.25, 0.3) is 22.1 Å². The first-order chi connectivity index (χ1) is 15.0. The van der Waals surface area contributed by atoms with Gasteiger partial charge in [-0.1, -0.05) is 17.4 Å². The first kappa shape index (κ1) is 21.1. The number of benzene rings is 2. The number of allylic oxidation sites excluding steroid dienone is 1. The molecule has 0 N–H and O–H groups in total. The van der Waals surface area contributed by atoms with Crippen LogP contribution in [0.2, 0.25) is 0 Å². The van der Waals surface area contributed by atoms with Gasteiger partial charge in [0.1, 0.15) is 0 Å². The second-order valence-corrected chi connectivity index (χ2v) is 8.45. The monoisotopic (exact) mass is 434 g/mol. The standard InChI is InChI=1S/C25H26N2O3S/c1-6-9-18-12-17(13-21(29-7-2)23(18)30-8-3)14-22-24(28)27-20-11-16(5)15(4)10-19(20)26-25(27)31-22/h6,10-14H,1,7-9H2,2-5H3/b22-14-. The van der Waals surface area contributed by atoms with E-state index in [0.717, 1.165) is 33.5 Å². The van der Waals surface area contributed by atoms with Crippen molar-refractivity contribution >= 4 is 33.4 Å². The number of rotatable bonds is 7. The van der Waals surface area contributed by atoms with Crippen LogP contribution in [0.1, 0.15) is 36.1 Å². The van der Waals surface area contributed by atoms with Crippen LogP contribution in [0.5, 0.6) is 11.5 Å². The SMILES string of the molecule is C=CCc1cc(/C=c2\sc3nc4cc(C)c(C)cc4n3c2=O)cc(OCC)c1OCC. The number of ether oxygens (including phenoxy) is 2. The van der Waals surface area contributed by atoms with Crippen molar-refractivity contribution in [3.05, 3.63) is 74.1 Å². The Bertz CT molecular complexity index is 1400. The molecule has 5 nitrogen and oxygen atoms in total. The van der Waals surface area contributed by atoms with Crippen molar-refractivity contribution in [2.24, 2.45) is 0 Å². The van der Waals surface area contributed by atoms with Gasteiger partial charge in [-0.3, -0.25) is 4.79 Å². The highest BCUT2D eigenvalue weighted by molar-refractivity contribution is 7.15. The first-order valence-electron chi connectivity index (χ1n) is 10.4. The maximum Gasteiger partial charge on any atom is 0.274 e. The number of imidazole rings is 1. The molecule has 2 aromatic heterocycles. The van der Waals surface area contributed by atoms with Crippen LogP contribution < -0.4 is 19.6 Å². The van der Waals surface area contributed by atoms with Crippen molar-refractivity contribution in [1.82, 2.24) is 9.38 Å². The number of aryl methyl sites for hydroxylation is 2. The van der Waals surface area contributed by atoms with Gasteiger partial charge < -0.3 is 9.47 Å². The van der Waals surface area contributed by atoms with E-state index in [0.29, 0.717) is 34.9 Å². The van der Waals surface area contributed by atoms with Crippen molar-refractivity contribution in [3.8, 4) is 11.5 Å². The van der Waals surface area contributed by atoms with Crippen molar-refractivity contribution < 1.29 is 9.47 Å². The summed E-state index contributed by atoms with van der Waals surface area (Å²) >= 11 is 1.40. The zero-order valence-corrected chi connectivity index (χ0v) is 19.1.